The molecule has 32 heavy (non-hydrogen) atoms. The first-order valence-corrected chi connectivity index (χ1v) is 10.9. The average molecular weight is 444 g/mol. The van der Waals surface area contributed by atoms with Crippen LogP contribution >= 0.6 is 0 Å². The number of imidazole rings is 1. The van der Waals surface area contributed by atoms with Crippen LogP contribution in [0, 0.1) is 0 Å². The van der Waals surface area contributed by atoms with Crippen LogP contribution in [0.1, 0.15) is 25.7 Å². The van der Waals surface area contributed by atoms with Crippen LogP contribution in [0.25, 0.3) is 11.2 Å². The second-order valence-corrected chi connectivity index (χ2v) is 8.05. The van der Waals surface area contributed by atoms with Crippen LogP contribution in [0.4, 0.5) is 5.95 Å². The predicted octanol–water partition coefficient (Wildman–Crippen LogP) is 1.25. The highest BCUT2D eigenvalue weighted by Gasteiger charge is 2.24. The van der Waals surface area contributed by atoms with E-state index < -0.39 is 17.4 Å². The summed E-state index contributed by atoms with van der Waals surface area (Å²) in [5, 5.41) is 10.7. The maximum atomic E-state index is 12.7. The van der Waals surface area contributed by atoms with E-state index in [0.717, 1.165) is 44.5 Å². The summed E-state index contributed by atoms with van der Waals surface area (Å²) in [7, 11) is 3.17. The van der Waals surface area contributed by atoms with Crippen molar-refractivity contribution in [2.24, 2.45) is 7.05 Å². The quantitative estimate of drug-likeness (QED) is 0.565. The van der Waals surface area contributed by atoms with Gasteiger partial charge in [-0.1, -0.05) is 12.8 Å². The Morgan fingerprint density at radius 1 is 1.09 bits per heavy atom. The number of methoxy groups -OCH3 is 1. The van der Waals surface area contributed by atoms with Gasteiger partial charge in [0.2, 0.25) is 5.95 Å². The van der Waals surface area contributed by atoms with E-state index in [-0.39, 0.29) is 18.7 Å². The van der Waals surface area contributed by atoms with Crippen molar-refractivity contribution in [1.29, 1.82) is 0 Å². The summed E-state index contributed by atoms with van der Waals surface area (Å²) in [5.41, 5.74) is -0.450. The van der Waals surface area contributed by atoms with Gasteiger partial charge in [-0.3, -0.25) is 14.3 Å². The standard InChI is InChI=1S/C22H29N5O5/c1-25-19-18(20(29)24-22(25)30)27(21(23-19)26-11-5-3-4-6-12-26)13-15(28)14-32-17-9-7-16(31-2)8-10-17/h7-10,15,28H,3-6,11-14H2,1-2H3,(H,24,29,30)/t15-/m0/s1. The molecule has 172 valence electrons. The molecule has 1 aliphatic heterocycles. The Hall–Kier alpha value is -3.27. The minimum atomic E-state index is -0.892. The molecule has 2 aromatic heterocycles. The number of hydrogen-bond acceptors (Lipinski definition) is 7. The van der Waals surface area contributed by atoms with Gasteiger partial charge in [-0.15, -0.1) is 0 Å². The van der Waals surface area contributed by atoms with Crippen molar-refractivity contribution < 1.29 is 14.6 Å². The third kappa shape index (κ3) is 4.50. The van der Waals surface area contributed by atoms with Gasteiger partial charge in [-0.25, -0.2) is 4.79 Å². The molecule has 1 fully saturated rings. The number of aryl methyl sites for hydroxylation is 1. The van der Waals surface area contributed by atoms with Gasteiger partial charge in [0, 0.05) is 20.1 Å². The van der Waals surface area contributed by atoms with Crippen molar-refractivity contribution in [2.75, 3.05) is 31.7 Å². The lowest BCUT2D eigenvalue weighted by molar-refractivity contribution is 0.0936. The zero-order valence-electron chi connectivity index (χ0n) is 18.4. The zero-order valence-corrected chi connectivity index (χ0v) is 18.4. The van der Waals surface area contributed by atoms with Gasteiger partial charge in [-0.05, 0) is 37.1 Å². The summed E-state index contributed by atoms with van der Waals surface area (Å²) in [6.07, 6.45) is 3.46. The lowest BCUT2D eigenvalue weighted by Crippen LogP contribution is -2.32. The molecule has 0 amide bonds. The van der Waals surface area contributed by atoms with E-state index in [4.69, 9.17) is 9.47 Å². The predicted molar refractivity (Wildman–Crippen MR) is 121 cm³/mol. The molecule has 4 rings (SSSR count). The first kappa shape index (κ1) is 21.9. The normalized spacial score (nSPS) is 15.5. The molecule has 0 bridgehead atoms. The Kier molecular flexibility index (Phi) is 6.50. The van der Waals surface area contributed by atoms with Crippen LogP contribution < -0.4 is 25.6 Å². The van der Waals surface area contributed by atoms with E-state index in [1.807, 2.05) is 0 Å². The fraction of sp³-hybridized carbons (Fsp3) is 0.500. The van der Waals surface area contributed by atoms with Gasteiger partial charge in [0.1, 0.15) is 24.2 Å². The highest BCUT2D eigenvalue weighted by molar-refractivity contribution is 5.74. The number of ether oxygens (including phenoxy) is 2. The summed E-state index contributed by atoms with van der Waals surface area (Å²) >= 11 is 0. The van der Waals surface area contributed by atoms with E-state index in [9.17, 15) is 14.7 Å². The number of H-pyrrole nitrogens is 1. The summed E-state index contributed by atoms with van der Waals surface area (Å²) in [6, 6.07) is 7.09. The van der Waals surface area contributed by atoms with E-state index in [1.165, 1.54) is 4.57 Å². The van der Waals surface area contributed by atoms with Gasteiger partial charge in [0.05, 0.1) is 13.7 Å². The molecular formula is C22H29N5O5. The number of nitrogens with one attached hydrogen (secondary N) is 1. The molecule has 0 radical (unpaired) electrons. The molecule has 0 spiro atoms. The largest absolute Gasteiger partial charge is 0.497 e. The third-order valence-corrected chi connectivity index (χ3v) is 5.77. The lowest BCUT2D eigenvalue weighted by atomic mass is 10.2. The Morgan fingerprint density at radius 3 is 2.41 bits per heavy atom. The summed E-state index contributed by atoms with van der Waals surface area (Å²) in [4.78, 5) is 33.9. The molecule has 3 aromatic rings. The number of hydrogen-bond donors (Lipinski definition) is 2. The Morgan fingerprint density at radius 2 is 1.75 bits per heavy atom. The average Bonchev–Trinajstić information content (AvgIpc) is 2.97. The van der Waals surface area contributed by atoms with E-state index in [2.05, 4.69) is 14.9 Å². The van der Waals surface area contributed by atoms with E-state index in [0.29, 0.717) is 17.3 Å². The molecule has 0 saturated carbocycles. The smallest absolute Gasteiger partial charge is 0.329 e. The second-order valence-electron chi connectivity index (χ2n) is 8.05. The van der Waals surface area contributed by atoms with Crippen LogP contribution in [-0.2, 0) is 13.6 Å². The second kappa shape index (κ2) is 9.47. The molecule has 3 heterocycles. The molecule has 1 atom stereocenters. The first-order valence-electron chi connectivity index (χ1n) is 10.9. The number of rotatable bonds is 7. The highest BCUT2D eigenvalue weighted by Crippen LogP contribution is 2.23. The summed E-state index contributed by atoms with van der Waals surface area (Å²) in [5.74, 6) is 1.92. The number of fused-ring (bicyclic) bond motifs is 1. The van der Waals surface area contributed by atoms with Crippen molar-refractivity contribution in [3.05, 3.63) is 45.1 Å². The third-order valence-electron chi connectivity index (χ3n) is 5.77. The van der Waals surface area contributed by atoms with Gasteiger partial charge in [0.25, 0.3) is 5.56 Å². The van der Waals surface area contributed by atoms with E-state index >= 15 is 0 Å². The molecule has 1 aliphatic rings. The lowest BCUT2D eigenvalue weighted by Gasteiger charge is -2.23. The van der Waals surface area contributed by atoms with E-state index in [1.54, 1.807) is 43.0 Å². The minimum absolute atomic E-state index is 0.0368. The Bertz CT molecular complexity index is 1170. The van der Waals surface area contributed by atoms with Crippen molar-refractivity contribution in [1.82, 2.24) is 19.1 Å². The summed E-state index contributed by atoms with van der Waals surface area (Å²) < 4.78 is 13.9. The molecule has 2 N–H and O–H groups in total. The fourth-order valence-electron chi connectivity index (χ4n) is 4.04. The number of aromatic amines is 1. The van der Waals surface area contributed by atoms with Crippen molar-refractivity contribution in [3.8, 4) is 11.5 Å². The molecule has 10 nitrogen and oxygen atoms in total. The highest BCUT2D eigenvalue weighted by atomic mass is 16.5. The van der Waals surface area contributed by atoms with Crippen molar-refractivity contribution in [3.63, 3.8) is 0 Å². The monoisotopic (exact) mass is 443 g/mol. The van der Waals surface area contributed by atoms with Crippen molar-refractivity contribution >= 4 is 17.1 Å². The van der Waals surface area contributed by atoms with Crippen LogP contribution in [0.2, 0.25) is 0 Å². The Labute approximate surface area is 185 Å². The number of aliphatic hydroxyl groups is 1. The number of benzene rings is 1. The fourth-order valence-corrected chi connectivity index (χ4v) is 4.04. The molecule has 10 heteroatoms. The molecular weight excluding hydrogens is 414 g/mol. The van der Waals surface area contributed by atoms with Gasteiger partial charge in [-0.2, -0.15) is 4.98 Å². The molecule has 1 aromatic carbocycles. The van der Waals surface area contributed by atoms with Gasteiger partial charge >= 0.3 is 5.69 Å². The topological polar surface area (TPSA) is 115 Å². The van der Waals surface area contributed by atoms with Crippen LogP contribution in [0.15, 0.2) is 33.9 Å². The van der Waals surface area contributed by atoms with Crippen molar-refractivity contribution in [2.45, 2.75) is 38.3 Å². The molecule has 0 unspecified atom stereocenters. The minimum Gasteiger partial charge on any atom is -0.497 e. The molecule has 1 saturated heterocycles. The first-order chi connectivity index (χ1) is 15.5. The van der Waals surface area contributed by atoms with Crippen LogP contribution in [0.3, 0.4) is 0 Å². The van der Waals surface area contributed by atoms with Crippen LogP contribution in [0.5, 0.6) is 11.5 Å². The van der Waals surface area contributed by atoms with Gasteiger partial charge < -0.3 is 24.0 Å². The Balaban J connectivity index is 1.63. The summed E-state index contributed by atoms with van der Waals surface area (Å²) in [6.45, 7) is 1.77. The van der Waals surface area contributed by atoms with Crippen LogP contribution in [-0.4, -0.2) is 57.1 Å². The SMILES string of the molecule is COc1ccc(OC[C@@H](O)Cn2c(N3CCCCCC3)nc3c2c(=O)[nH]c(=O)n3C)cc1. The molecule has 0 aliphatic carbocycles. The number of anilines is 1. The zero-order chi connectivity index (χ0) is 22.7. The van der Waals surface area contributed by atoms with Gasteiger partial charge in [0.15, 0.2) is 11.2 Å². The maximum Gasteiger partial charge on any atom is 0.329 e. The number of nitrogens with zero attached hydrogens (tertiary/aromatic N) is 4. The number of aromatic nitrogens is 4. The maximum absolute atomic E-state index is 12.7. The number of aliphatic hydroxyl groups excluding tert-OH is 1.